The summed E-state index contributed by atoms with van der Waals surface area (Å²) >= 11 is 0. The lowest BCUT2D eigenvalue weighted by molar-refractivity contribution is -0.122. The maximum absolute atomic E-state index is 13.9. The van der Waals surface area contributed by atoms with E-state index >= 15 is 0 Å². The second-order valence-electron chi connectivity index (χ2n) is 7.05. The molecule has 0 unspecified atom stereocenters. The molecule has 1 fully saturated rings. The van der Waals surface area contributed by atoms with Crippen LogP contribution < -0.4 is 5.73 Å². The molecule has 2 aromatic carbocycles. The quantitative estimate of drug-likeness (QED) is 0.841. The van der Waals surface area contributed by atoms with Crippen molar-refractivity contribution in [1.29, 1.82) is 0 Å². The summed E-state index contributed by atoms with van der Waals surface area (Å²) in [6.07, 6.45) is 2.56. The van der Waals surface area contributed by atoms with Gasteiger partial charge in [0.2, 0.25) is 5.91 Å². The molecule has 7 heteroatoms. The van der Waals surface area contributed by atoms with E-state index in [0.29, 0.717) is 31.2 Å². The number of halogens is 2. The first kappa shape index (κ1) is 19.5. The van der Waals surface area contributed by atoms with Gasteiger partial charge in [-0.1, -0.05) is 12.1 Å². The van der Waals surface area contributed by atoms with E-state index in [2.05, 4.69) is 0 Å². The van der Waals surface area contributed by atoms with Crippen molar-refractivity contribution in [2.24, 2.45) is 17.6 Å². The minimum absolute atomic E-state index is 0.000167. The third-order valence-corrected chi connectivity index (χ3v) is 7.06. The topological polar surface area (TPSA) is 77.2 Å². The monoisotopic (exact) mass is 393 g/mol. The molecule has 2 aromatic rings. The van der Waals surface area contributed by atoms with Crippen molar-refractivity contribution in [3.8, 4) is 11.1 Å². The normalized spacial score (nSPS) is 20.4. The average Bonchev–Trinajstić information content (AvgIpc) is 2.62. The first-order chi connectivity index (χ1) is 12.8. The van der Waals surface area contributed by atoms with Crippen LogP contribution in [0.3, 0.4) is 0 Å². The number of carbonyl (C=O) groups is 1. The molecule has 0 saturated heterocycles. The molecule has 27 heavy (non-hydrogen) atoms. The number of carbonyl (C=O) groups excluding carboxylic acids is 1. The standard InChI is InChI=1S/C20H21F2NO3S/c21-16-7-10-18(19(22)11-16)14-5-8-17(9-6-14)27(25,26)12-13-1-3-15(4-2-13)20(23)24/h5-11,13,15H,1-4,12H2,(H2,23,24). The summed E-state index contributed by atoms with van der Waals surface area (Å²) in [5.41, 5.74) is 6.00. The van der Waals surface area contributed by atoms with Gasteiger partial charge in [-0.3, -0.25) is 4.79 Å². The summed E-state index contributed by atoms with van der Waals surface area (Å²) in [6, 6.07) is 9.21. The van der Waals surface area contributed by atoms with Crippen molar-refractivity contribution in [3.63, 3.8) is 0 Å². The Morgan fingerprint density at radius 2 is 1.63 bits per heavy atom. The lowest BCUT2D eigenvalue weighted by Gasteiger charge is -2.26. The zero-order valence-electron chi connectivity index (χ0n) is 14.7. The molecule has 0 radical (unpaired) electrons. The van der Waals surface area contributed by atoms with Crippen LogP contribution in [0.5, 0.6) is 0 Å². The van der Waals surface area contributed by atoms with Gasteiger partial charge < -0.3 is 5.73 Å². The van der Waals surface area contributed by atoms with Crippen molar-refractivity contribution in [2.75, 3.05) is 5.75 Å². The van der Waals surface area contributed by atoms with Crippen LogP contribution in [0.4, 0.5) is 8.78 Å². The fourth-order valence-corrected chi connectivity index (χ4v) is 5.28. The summed E-state index contributed by atoms with van der Waals surface area (Å²) in [5.74, 6) is -1.82. The van der Waals surface area contributed by atoms with Crippen LogP contribution in [0.1, 0.15) is 25.7 Å². The van der Waals surface area contributed by atoms with E-state index in [1.54, 1.807) is 0 Å². The van der Waals surface area contributed by atoms with Gasteiger partial charge in [-0.05, 0) is 61.4 Å². The Morgan fingerprint density at radius 1 is 1.00 bits per heavy atom. The van der Waals surface area contributed by atoms with Crippen LogP contribution in [0, 0.1) is 23.5 Å². The first-order valence-electron chi connectivity index (χ1n) is 8.84. The van der Waals surface area contributed by atoms with Gasteiger partial charge in [0.25, 0.3) is 0 Å². The highest BCUT2D eigenvalue weighted by molar-refractivity contribution is 7.91. The number of benzene rings is 2. The smallest absolute Gasteiger partial charge is 0.220 e. The highest BCUT2D eigenvalue weighted by atomic mass is 32.2. The molecular weight excluding hydrogens is 372 g/mol. The van der Waals surface area contributed by atoms with Crippen LogP contribution in [-0.2, 0) is 14.6 Å². The Balaban J connectivity index is 1.71. The van der Waals surface area contributed by atoms with Crippen LogP contribution in [0.15, 0.2) is 47.4 Å². The zero-order chi connectivity index (χ0) is 19.6. The van der Waals surface area contributed by atoms with Gasteiger partial charge in [-0.2, -0.15) is 0 Å². The molecule has 0 bridgehead atoms. The summed E-state index contributed by atoms with van der Waals surface area (Å²) in [5, 5.41) is 0. The molecule has 1 amide bonds. The van der Waals surface area contributed by atoms with Crippen molar-refractivity contribution < 1.29 is 22.0 Å². The fourth-order valence-electron chi connectivity index (χ4n) is 3.59. The van der Waals surface area contributed by atoms with E-state index in [4.69, 9.17) is 5.73 Å². The Labute approximate surface area is 157 Å². The zero-order valence-corrected chi connectivity index (χ0v) is 15.5. The van der Waals surface area contributed by atoms with Gasteiger partial charge in [0, 0.05) is 17.5 Å². The maximum Gasteiger partial charge on any atom is 0.220 e. The van der Waals surface area contributed by atoms with Gasteiger partial charge in [-0.15, -0.1) is 0 Å². The molecule has 2 N–H and O–H groups in total. The molecule has 144 valence electrons. The Kier molecular flexibility index (Phi) is 5.60. The SMILES string of the molecule is NC(=O)C1CCC(CS(=O)(=O)c2ccc(-c3ccc(F)cc3F)cc2)CC1. The van der Waals surface area contributed by atoms with E-state index in [9.17, 15) is 22.0 Å². The number of primary amides is 1. The van der Waals surface area contributed by atoms with Crippen LogP contribution in [0.2, 0.25) is 0 Å². The highest BCUT2D eigenvalue weighted by Crippen LogP contribution is 2.31. The fraction of sp³-hybridized carbons (Fsp3) is 0.350. The summed E-state index contributed by atoms with van der Waals surface area (Å²) in [4.78, 5) is 11.4. The van der Waals surface area contributed by atoms with Gasteiger partial charge in [0.15, 0.2) is 9.84 Å². The van der Waals surface area contributed by atoms with Gasteiger partial charge in [-0.25, -0.2) is 17.2 Å². The van der Waals surface area contributed by atoms with Crippen molar-refractivity contribution in [2.45, 2.75) is 30.6 Å². The second-order valence-corrected chi connectivity index (χ2v) is 9.08. The van der Waals surface area contributed by atoms with Crippen molar-refractivity contribution >= 4 is 15.7 Å². The summed E-state index contributed by atoms with van der Waals surface area (Å²) in [7, 11) is -3.48. The van der Waals surface area contributed by atoms with Crippen molar-refractivity contribution in [3.05, 3.63) is 54.1 Å². The highest BCUT2D eigenvalue weighted by Gasteiger charge is 2.28. The number of sulfone groups is 1. The van der Waals surface area contributed by atoms with Crippen molar-refractivity contribution in [1.82, 2.24) is 0 Å². The number of amides is 1. The van der Waals surface area contributed by atoms with E-state index in [1.165, 1.54) is 30.3 Å². The third kappa shape index (κ3) is 4.53. The van der Waals surface area contributed by atoms with E-state index in [-0.39, 0.29) is 34.0 Å². The van der Waals surface area contributed by atoms with Gasteiger partial charge in [0.05, 0.1) is 10.6 Å². The van der Waals surface area contributed by atoms with E-state index in [1.807, 2.05) is 0 Å². The van der Waals surface area contributed by atoms with Crippen LogP contribution >= 0.6 is 0 Å². The lowest BCUT2D eigenvalue weighted by Crippen LogP contribution is -2.29. The number of hydrogen-bond donors (Lipinski definition) is 1. The largest absolute Gasteiger partial charge is 0.369 e. The van der Waals surface area contributed by atoms with Crippen LogP contribution in [0.25, 0.3) is 11.1 Å². The minimum atomic E-state index is -3.48. The predicted molar refractivity (Wildman–Crippen MR) is 98.5 cm³/mol. The summed E-state index contributed by atoms with van der Waals surface area (Å²) < 4.78 is 52.2. The van der Waals surface area contributed by atoms with Crippen LogP contribution in [-0.4, -0.2) is 20.1 Å². The average molecular weight is 393 g/mol. The second kappa shape index (κ2) is 7.76. The Hall–Kier alpha value is -2.28. The van der Waals surface area contributed by atoms with Gasteiger partial charge in [0.1, 0.15) is 11.6 Å². The molecule has 1 aliphatic rings. The number of hydrogen-bond acceptors (Lipinski definition) is 3. The van der Waals surface area contributed by atoms with E-state index in [0.717, 1.165) is 12.1 Å². The Morgan fingerprint density at radius 3 is 2.19 bits per heavy atom. The molecule has 0 spiro atoms. The maximum atomic E-state index is 13.9. The predicted octanol–water partition coefficient (Wildman–Crippen LogP) is 3.70. The van der Waals surface area contributed by atoms with Gasteiger partial charge >= 0.3 is 0 Å². The molecule has 0 atom stereocenters. The number of nitrogens with two attached hydrogens (primary N) is 1. The molecule has 3 rings (SSSR count). The molecule has 1 saturated carbocycles. The lowest BCUT2D eigenvalue weighted by atomic mass is 9.83. The molecule has 0 heterocycles. The third-order valence-electron chi connectivity index (χ3n) is 5.16. The molecule has 4 nitrogen and oxygen atoms in total. The molecule has 0 aliphatic heterocycles. The Bertz CT molecular complexity index is 934. The minimum Gasteiger partial charge on any atom is -0.369 e. The summed E-state index contributed by atoms with van der Waals surface area (Å²) in [6.45, 7) is 0. The number of rotatable bonds is 5. The first-order valence-corrected chi connectivity index (χ1v) is 10.5. The molecule has 1 aliphatic carbocycles. The molecular formula is C20H21F2NO3S. The molecule has 0 aromatic heterocycles. The van der Waals surface area contributed by atoms with E-state index < -0.39 is 21.5 Å².